The van der Waals surface area contributed by atoms with Crippen molar-refractivity contribution in [2.75, 3.05) is 43.4 Å². The standard InChI is InChI=1S/C22H32N6O/c1-24-22-17(6-7-19(27-22)28-12-4-2-3-5-13-28)21(23)18-15-29-20(26-18)14-16-8-10-25-11-9-16/h6-7,15-16,23,25H,2-5,8-14H2,1H3,(H,24,27). The topological polar surface area (TPSA) is 90.1 Å². The maximum absolute atomic E-state index is 8.67. The monoisotopic (exact) mass is 396 g/mol. The summed E-state index contributed by atoms with van der Waals surface area (Å²) in [5.74, 6) is 3.05. The molecule has 2 aromatic heterocycles. The van der Waals surface area contributed by atoms with E-state index < -0.39 is 0 Å². The van der Waals surface area contributed by atoms with Crippen LogP contribution in [0.25, 0.3) is 0 Å². The molecule has 0 radical (unpaired) electrons. The molecule has 0 aliphatic carbocycles. The van der Waals surface area contributed by atoms with Crippen LogP contribution in [0.3, 0.4) is 0 Å². The van der Waals surface area contributed by atoms with Crippen molar-refractivity contribution in [3.63, 3.8) is 0 Å². The van der Waals surface area contributed by atoms with Crippen LogP contribution in [-0.4, -0.2) is 48.9 Å². The average Bonchev–Trinajstić information content (AvgIpc) is 3.05. The molecule has 3 N–H and O–H groups in total. The van der Waals surface area contributed by atoms with E-state index in [0.717, 1.165) is 68.5 Å². The molecule has 0 unspecified atom stereocenters. The first-order valence-electron chi connectivity index (χ1n) is 10.9. The van der Waals surface area contributed by atoms with Gasteiger partial charge in [0.2, 0.25) is 0 Å². The smallest absolute Gasteiger partial charge is 0.194 e. The molecule has 7 heteroatoms. The fraction of sp³-hybridized carbons (Fsp3) is 0.591. The van der Waals surface area contributed by atoms with E-state index in [1.165, 1.54) is 25.7 Å². The zero-order valence-corrected chi connectivity index (χ0v) is 17.3. The predicted octanol–water partition coefficient (Wildman–Crippen LogP) is 3.45. The van der Waals surface area contributed by atoms with E-state index in [1.54, 1.807) is 6.26 Å². The number of piperidine rings is 1. The van der Waals surface area contributed by atoms with E-state index >= 15 is 0 Å². The van der Waals surface area contributed by atoms with Gasteiger partial charge in [0.05, 0.1) is 5.71 Å². The van der Waals surface area contributed by atoms with Crippen LogP contribution < -0.4 is 15.5 Å². The van der Waals surface area contributed by atoms with E-state index in [9.17, 15) is 0 Å². The summed E-state index contributed by atoms with van der Waals surface area (Å²) in [6.45, 7) is 4.23. The Bertz CT molecular complexity index is 818. The third-order valence-electron chi connectivity index (χ3n) is 6.05. The summed E-state index contributed by atoms with van der Waals surface area (Å²) in [5.41, 5.74) is 1.69. The number of aromatic nitrogens is 2. The molecule has 4 rings (SSSR count). The van der Waals surface area contributed by atoms with Crippen LogP contribution in [0.15, 0.2) is 22.8 Å². The van der Waals surface area contributed by atoms with E-state index in [-0.39, 0.29) is 0 Å². The second-order valence-corrected chi connectivity index (χ2v) is 8.12. The quantitative estimate of drug-likeness (QED) is 0.648. The molecule has 0 spiro atoms. The molecule has 2 aliphatic heterocycles. The zero-order chi connectivity index (χ0) is 20.1. The number of pyridine rings is 1. The lowest BCUT2D eigenvalue weighted by atomic mass is 9.95. The molecule has 2 saturated heterocycles. The van der Waals surface area contributed by atoms with Crippen molar-refractivity contribution in [2.24, 2.45) is 5.92 Å². The van der Waals surface area contributed by atoms with E-state index in [0.29, 0.717) is 17.3 Å². The Morgan fingerprint density at radius 3 is 2.66 bits per heavy atom. The number of oxazole rings is 1. The maximum Gasteiger partial charge on any atom is 0.194 e. The third-order valence-corrected chi connectivity index (χ3v) is 6.05. The van der Waals surface area contributed by atoms with Crippen LogP contribution in [0.5, 0.6) is 0 Å². The summed E-state index contributed by atoms with van der Waals surface area (Å²) < 4.78 is 5.69. The molecular weight excluding hydrogens is 364 g/mol. The summed E-state index contributed by atoms with van der Waals surface area (Å²) in [4.78, 5) is 11.8. The minimum atomic E-state index is 0.351. The third kappa shape index (κ3) is 4.78. The SMILES string of the molecule is CNc1nc(N2CCCCCC2)ccc1C(=N)c1coc(CC2CCNCC2)n1. The Morgan fingerprint density at radius 1 is 1.17 bits per heavy atom. The van der Waals surface area contributed by atoms with Crippen LogP contribution >= 0.6 is 0 Å². The van der Waals surface area contributed by atoms with Crippen molar-refractivity contribution in [3.05, 3.63) is 35.5 Å². The van der Waals surface area contributed by atoms with Crippen molar-refractivity contribution < 1.29 is 4.42 Å². The van der Waals surface area contributed by atoms with Crippen LogP contribution in [0.1, 0.15) is 55.7 Å². The first-order valence-corrected chi connectivity index (χ1v) is 10.9. The fourth-order valence-corrected chi connectivity index (χ4v) is 4.31. The van der Waals surface area contributed by atoms with Gasteiger partial charge in [-0.3, -0.25) is 5.41 Å². The highest BCUT2D eigenvalue weighted by Crippen LogP contribution is 2.24. The number of nitrogens with zero attached hydrogens (tertiary/aromatic N) is 3. The van der Waals surface area contributed by atoms with Gasteiger partial charge in [0.15, 0.2) is 5.89 Å². The molecule has 0 atom stereocenters. The van der Waals surface area contributed by atoms with Gasteiger partial charge in [-0.1, -0.05) is 12.8 Å². The van der Waals surface area contributed by atoms with E-state index in [1.807, 2.05) is 19.2 Å². The number of nitrogens with one attached hydrogen (secondary N) is 3. The summed E-state index contributed by atoms with van der Waals surface area (Å²) >= 11 is 0. The molecule has 0 aromatic carbocycles. The molecule has 2 aliphatic rings. The lowest BCUT2D eigenvalue weighted by Gasteiger charge is -2.22. The Morgan fingerprint density at radius 2 is 1.93 bits per heavy atom. The maximum atomic E-state index is 8.67. The fourth-order valence-electron chi connectivity index (χ4n) is 4.31. The van der Waals surface area contributed by atoms with Crippen molar-refractivity contribution >= 4 is 17.3 Å². The van der Waals surface area contributed by atoms with Crippen LogP contribution in [0, 0.1) is 11.3 Å². The summed E-state index contributed by atoms with van der Waals surface area (Å²) in [7, 11) is 1.86. The molecule has 0 amide bonds. The van der Waals surface area contributed by atoms with Gasteiger partial charge in [0, 0.05) is 32.1 Å². The number of rotatable bonds is 6. The zero-order valence-electron chi connectivity index (χ0n) is 17.3. The van der Waals surface area contributed by atoms with E-state index in [4.69, 9.17) is 14.8 Å². The normalized spacial score (nSPS) is 18.4. The molecule has 0 saturated carbocycles. The van der Waals surface area contributed by atoms with Crippen LogP contribution in [0.4, 0.5) is 11.6 Å². The Kier molecular flexibility index (Phi) is 6.44. The molecule has 0 bridgehead atoms. The number of hydrogen-bond acceptors (Lipinski definition) is 7. The van der Waals surface area contributed by atoms with Gasteiger partial charge in [0.25, 0.3) is 0 Å². The lowest BCUT2D eigenvalue weighted by molar-refractivity contribution is 0.341. The van der Waals surface area contributed by atoms with Gasteiger partial charge in [-0.25, -0.2) is 9.97 Å². The van der Waals surface area contributed by atoms with Crippen LogP contribution in [0.2, 0.25) is 0 Å². The predicted molar refractivity (Wildman–Crippen MR) is 116 cm³/mol. The summed E-state index contributed by atoms with van der Waals surface area (Å²) in [6, 6.07) is 4.02. The van der Waals surface area contributed by atoms with Gasteiger partial charge in [-0.2, -0.15) is 0 Å². The molecule has 156 valence electrons. The minimum Gasteiger partial charge on any atom is -0.448 e. The number of hydrogen-bond donors (Lipinski definition) is 3. The van der Waals surface area contributed by atoms with Gasteiger partial charge >= 0.3 is 0 Å². The highest BCUT2D eigenvalue weighted by Gasteiger charge is 2.20. The van der Waals surface area contributed by atoms with E-state index in [2.05, 4.69) is 20.5 Å². The Balaban J connectivity index is 1.49. The largest absolute Gasteiger partial charge is 0.448 e. The molecule has 7 nitrogen and oxygen atoms in total. The van der Waals surface area contributed by atoms with Gasteiger partial charge in [-0.05, 0) is 56.8 Å². The molecular formula is C22H32N6O. The molecule has 29 heavy (non-hydrogen) atoms. The highest BCUT2D eigenvalue weighted by atomic mass is 16.3. The van der Waals surface area contributed by atoms with Gasteiger partial charge in [0.1, 0.15) is 23.6 Å². The first kappa shape index (κ1) is 19.9. The summed E-state index contributed by atoms with van der Waals surface area (Å²) in [5, 5.41) is 15.2. The minimum absolute atomic E-state index is 0.351. The lowest BCUT2D eigenvalue weighted by Crippen LogP contribution is -2.28. The number of anilines is 2. The van der Waals surface area contributed by atoms with Gasteiger partial charge in [-0.15, -0.1) is 0 Å². The Hall–Kier alpha value is -2.41. The highest BCUT2D eigenvalue weighted by molar-refractivity contribution is 6.12. The summed E-state index contributed by atoms with van der Waals surface area (Å²) in [6.07, 6.45) is 9.79. The van der Waals surface area contributed by atoms with Crippen molar-refractivity contribution in [2.45, 2.75) is 44.9 Å². The molecule has 4 heterocycles. The van der Waals surface area contributed by atoms with Crippen molar-refractivity contribution in [3.8, 4) is 0 Å². The van der Waals surface area contributed by atoms with Crippen molar-refractivity contribution in [1.82, 2.24) is 15.3 Å². The first-order chi connectivity index (χ1) is 14.2. The van der Waals surface area contributed by atoms with Crippen molar-refractivity contribution in [1.29, 1.82) is 5.41 Å². The molecule has 2 fully saturated rings. The molecule has 2 aromatic rings. The second kappa shape index (κ2) is 9.39. The Labute approximate surface area is 172 Å². The van der Waals surface area contributed by atoms with Gasteiger partial charge < -0.3 is 20.0 Å². The van der Waals surface area contributed by atoms with Crippen LogP contribution in [-0.2, 0) is 6.42 Å². The average molecular weight is 397 g/mol. The second-order valence-electron chi connectivity index (χ2n) is 8.12.